The minimum absolute atomic E-state index is 0.215. The van der Waals surface area contributed by atoms with Crippen molar-refractivity contribution in [1.29, 1.82) is 0 Å². The molecular weight excluding hydrogens is 332 g/mol. The summed E-state index contributed by atoms with van der Waals surface area (Å²) in [5, 5.41) is 6.17. The van der Waals surface area contributed by atoms with Crippen LogP contribution in [0.1, 0.15) is 13.8 Å². The first kappa shape index (κ1) is 19.3. The second kappa shape index (κ2) is 10.1. The molecule has 0 aliphatic heterocycles. The van der Waals surface area contributed by atoms with E-state index in [4.69, 9.17) is 9.47 Å². The molecule has 0 aliphatic carbocycles. The lowest BCUT2D eigenvalue weighted by Crippen LogP contribution is -2.51. The summed E-state index contributed by atoms with van der Waals surface area (Å²) in [6.45, 7) is 3.88. The average molecular weight is 356 g/mol. The summed E-state index contributed by atoms with van der Waals surface area (Å²) in [5.74, 6) is -1.06. The summed E-state index contributed by atoms with van der Waals surface area (Å²) in [7, 11) is 0. The zero-order valence-corrected chi connectivity index (χ0v) is 15.0. The van der Waals surface area contributed by atoms with E-state index in [1.54, 1.807) is 13.8 Å². The molecule has 0 amide bonds. The van der Waals surface area contributed by atoms with E-state index in [0.29, 0.717) is 11.4 Å². The SMILES string of the molecule is CCOC(=O)C(Nc1ccccc1)C(Nc1ccccc1)C(=O)OCC. The zero-order chi connectivity index (χ0) is 18.8. The van der Waals surface area contributed by atoms with E-state index in [9.17, 15) is 9.59 Å². The molecule has 0 saturated heterocycles. The largest absolute Gasteiger partial charge is 0.464 e. The van der Waals surface area contributed by atoms with E-state index in [1.165, 1.54) is 0 Å². The summed E-state index contributed by atoms with van der Waals surface area (Å²) in [5.41, 5.74) is 1.41. The van der Waals surface area contributed by atoms with Crippen LogP contribution in [0, 0.1) is 0 Å². The lowest BCUT2D eigenvalue weighted by Gasteiger charge is -2.27. The van der Waals surface area contributed by atoms with Gasteiger partial charge in [0.05, 0.1) is 13.2 Å². The highest BCUT2D eigenvalue weighted by Gasteiger charge is 2.36. The lowest BCUT2D eigenvalue weighted by atomic mass is 10.1. The normalized spacial score (nSPS) is 12.5. The summed E-state index contributed by atoms with van der Waals surface area (Å²) in [4.78, 5) is 25.1. The molecule has 2 aromatic rings. The van der Waals surface area contributed by atoms with Gasteiger partial charge in [0.1, 0.15) is 0 Å². The van der Waals surface area contributed by atoms with Gasteiger partial charge in [-0.3, -0.25) is 0 Å². The van der Waals surface area contributed by atoms with Crippen LogP contribution in [0.25, 0.3) is 0 Å². The Labute approximate surface area is 153 Å². The van der Waals surface area contributed by atoms with Gasteiger partial charge in [-0.25, -0.2) is 9.59 Å². The van der Waals surface area contributed by atoms with Gasteiger partial charge < -0.3 is 20.1 Å². The Morgan fingerprint density at radius 1 is 0.731 bits per heavy atom. The van der Waals surface area contributed by atoms with E-state index >= 15 is 0 Å². The van der Waals surface area contributed by atoms with Crippen LogP contribution < -0.4 is 10.6 Å². The molecule has 0 heterocycles. The Bertz CT molecular complexity index is 630. The van der Waals surface area contributed by atoms with Crippen LogP contribution in [0.15, 0.2) is 60.7 Å². The van der Waals surface area contributed by atoms with E-state index in [-0.39, 0.29) is 13.2 Å². The van der Waals surface area contributed by atoms with Gasteiger partial charge in [0.25, 0.3) is 0 Å². The lowest BCUT2D eigenvalue weighted by molar-refractivity contribution is -0.151. The second-order valence-electron chi connectivity index (χ2n) is 5.48. The van der Waals surface area contributed by atoms with E-state index in [0.717, 1.165) is 0 Å². The van der Waals surface area contributed by atoms with Gasteiger partial charge in [0, 0.05) is 11.4 Å². The first-order valence-corrected chi connectivity index (χ1v) is 8.62. The van der Waals surface area contributed by atoms with Crippen LogP contribution in [0.5, 0.6) is 0 Å². The van der Waals surface area contributed by atoms with Gasteiger partial charge in [0.2, 0.25) is 0 Å². The molecule has 2 aromatic carbocycles. The molecule has 26 heavy (non-hydrogen) atoms. The third kappa shape index (κ3) is 5.51. The van der Waals surface area contributed by atoms with Crippen molar-refractivity contribution in [2.75, 3.05) is 23.8 Å². The third-order valence-electron chi connectivity index (χ3n) is 3.61. The van der Waals surface area contributed by atoms with Crippen LogP contribution in [0.3, 0.4) is 0 Å². The van der Waals surface area contributed by atoms with E-state index in [2.05, 4.69) is 10.6 Å². The van der Waals surface area contributed by atoms with Gasteiger partial charge in [-0.05, 0) is 38.1 Å². The fraction of sp³-hybridized carbons (Fsp3) is 0.300. The van der Waals surface area contributed by atoms with Crippen LogP contribution >= 0.6 is 0 Å². The molecule has 2 rings (SSSR count). The minimum atomic E-state index is -0.948. The zero-order valence-electron chi connectivity index (χ0n) is 15.0. The Balaban J connectivity index is 2.31. The predicted octanol–water partition coefficient (Wildman–Crippen LogP) is 3.07. The number of benzene rings is 2. The standard InChI is InChI=1S/C20H24N2O4/c1-3-25-19(23)17(21-15-11-7-5-8-12-15)18(20(24)26-4-2)22-16-13-9-6-10-14-16/h5-14,17-18,21-22H,3-4H2,1-2H3. The molecule has 2 atom stereocenters. The van der Waals surface area contributed by atoms with Crippen molar-refractivity contribution in [1.82, 2.24) is 0 Å². The number of para-hydroxylation sites is 2. The number of hydrogen-bond donors (Lipinski definition) is 2. The molecule has 0 saturated carbocycles. The van der Waals surface area contributed by atoms with Crippen molar-refractivity contribution < 1.29 is 19.1 Å². The van der Waals surface area contributed by atoms with Crippen LogP contribution in [0.2, 0.25) is 0 Å². The molecule has 0 fully saturated rings. The van der Waals surface area contributed by atoms with Crippen molar-refractivity contribution >= 4 is 23.3 Å². The number of carbonyl (C=O) groups excluding carboxylic acids is 2. The molecule has 0 radical (unpaired) electrons. The number of carbonyl (C=O) groups is 2. The molecule has 0 aromatic heterocycles. The van der Waals surface area contributed by atoms with E-state index < -0.39 is 24.0 Å². The Morgan fingerprint density at radius 3 is 1.38 bits per heavy atom. The van der Waals surface area contributed by atoms with Gasteiger partial charge >= 0.3 is 11.9 Å². The fourth-order valence-corrected chi connectivity index (χ4v) is 2.45. The number of ether oxygens (including phenoxy) is 2. The monoisotopic (exact) mass is 356 g/mol. The molecule has 0 aliphatic rings. The van der Waals surface area contributed by atoms with Crippen molar-refractivity contribution in [3.63, 3.8) is 0 Å². The molecule has 2 unspecified atom stereocenters. The van der Waals surface area contributed by atoms with Crippen molar-refractivity contribution in [2.45, 2.75) is 25.9 Å². The maximum atomic E-state index is 12.6. The van der Waals surface area contributed by atoms with Gasteiger partial charge in [-0.15, -0.1) is 0 Å². The first-order chi connectivity index (χ1) is 12.7. The first-order valence-electron chi connectivity index (χ1n) is 8.62. The molecule has 0 spiro atoms. The quantitative estimate of drug-likeness (QED) is 0.673. The van der Waals surface area contributed by atoms with Crippen molar-refractivity contribution in [3.05, 3.63) is 60.7 Å². The maximum absolute atomic E-state index is 12.6. The number of nitrogens with one attached hydrogen (secondary N) is 2. The highest BCUT2D eigenvalue weighted by atomic mass is 16.5. The van der Waals surface area contributed by atoms with E-state index in [1.807, 2.05) is 60.7 Å². The second-order valence-corrected chi connectivity index (χ2v) is 5.48. The van der Waals surface area contributed by atoms with Crippen molar-refractivity contribution in [2.24, 2.45) is 0 Å². The van der Waals surface area contributed by atoms with Crippen molar-refractivity contribution in [3.8, 4) is 0 Å². The third-order valence-corrected chi connectivity index (χ3v) is 3.61. The minimum Gasteiger partial charge on any atom is -0.464 e. The Hall–Kier alpha value is -3.02. The topological polar surface area (TPSA) is 76.7 Å². The molecule has 138 valence electrons. The summed E-state index contributed by atoms with van der Waals surface area (Å²) in [6, 6.07) is 16.5. The van der Waals surface area contributed by atoms with Crippen LogP contribution in [-0.2, 0) is 19.1 Å². The average Bonchev–Trinajstić information content (AvgIpc) is 2.66. The van der Waals surface area contributed by atoms with Crippen LogP contribution in [-0.4, -0.2) is 37.2 Å². The smallest absolute Gasteiger partial charge is 0.331 e. The van der Waals surface area contributed by atoms with Gasteiger partial charge in [-0.1, -0.05) is 36.4 Å². The number of anilines is 2. The molecular formula is C20H24N2O4. The highest BCUT2D eigenvalue weighted by Crippen LogP contribution is 2.16. The Kier molecular flexibility index (Phi) is 7.49. The number of rotatable bonds is 9. The molecule has 6 heteroatoms. The van der Waals surface area contributed by atoms with Gasteiger partial charge in [-0.2, -0.15) is 0 Å². The molecule has 2 N–H and O–H groups in total. The number of hydrogen-bond acceptors (Lipinski definition) is 6. The summed E-state index contributed by atoms with van der Waals surface area (Å²) >= 11 is 0. The fourth-order valence-electron chi connectivity index (χ4n) is 2.45. The maximum Gasteiger partial charge on any atom is 0.331 e. The summed E-state index contributed by atoms with van der Waals surface area (Å²) in [6.07, 6.45) is 0. The summed E-state index contributed by atoms with van der Waals surface area (Å²) < 4.78 is 10.3. The highest BCUT2D eigenvalue weighted by molar-refractivity contribution is 5.91. The molecule has 6 nitrogen and oxygen atoms in total. The van der Waals surface area contributed by atoms with Gasteiger partial charge in [0.15, 0.2) is 12.1 Å². The van der Waals surface area contributed by atoms with Crippen LogP contribution in [0.4, 0.5) is 11.4 Å². The predicted molar refractivity (Wildman–Crippen MR) is 101 cm³/mol. The molecule has 0 bridgehead atoms. The Morgan fingerprint density at radius 2 is 1.08 bits per heavy atom. The number of esters is 2.